The van der Waals surface area contributed by atoms with E-state index in [0.717, 1.165) is 6.42 Å². The molecule has 0 aliphatic heterocycles. The van der Waals surface area contributed by atoms with E-state index in [9.17, 15) is 4.79 Å². The van der Waals surface area contributed by atoms with Gasteiger partial charge in [-0.05, 0) is 25.5 Å². The highest BCUT2D eigenvalue weighted by Gasteiger charge is 2.12. The third-order valence-electron chi connectivity index (χ3n) is 2.87. The predicted molar refractivity (Wildman–Crippen MR) is 75.6 cm³/mol. The third-order valence-corrected chi connectivity index (χ3v) is 2.87. The maximum absolute atomic E-state index is 11.2. The molecule has 6 heteroatoms. The van der Waals surface area contributed by atoms with Gasteiger partial charge in [-0.2, -0.15) is 0 Å². The summed E-state index contributed by atoms with van der Waals surface area (Å²) in [5.74, 6) is -0.223. The van der Waals surface area contributed by atoms with Crippen molar-refractivity contribution >= 4 is 11.8 Å². The Kier molecular flexibility index (Phi) is 4.24. The van der Waals surface area contributed by atoms with Crippen LogP contribution >= 0.6 is 0 Å². The molecule has 1 atom stereocenters. The SMILES string of the molecule is CCC(C)Nc1cc(C(=O)O)nc(-c2cccnc2)n1. The van der Waals surface area contributed by atoms with Crippen LogP contribution in [0.3, 0.4) is 0 Å². The molecular formula is C14H16N4O2. The fourth-order valence-corrected chi connectivity index (χ4v) is 1.61. The Labute approximate surface area is 116 Å². The molecule has 0 aromatic carbocycles. The molecule has 1 unspecified atom stereocenters. The summed E-state index contributed by atoms with van der Waals surface area (Å²) >= 11 is 0. The van der Waals surface area contributed by atoms with Crippen molar-refractivity contribution in [3.8, 4) is 11.4 Å². The number of hydrogen-bond acceptors (Lipinski definition) is 5. The smallest absolute Gasteiger partial charge is 0.354 e. The van der Waals surface area contributed by atoms with E-state index < -0.39 is 5.97 Å². The third kappa shape index (κ3) is 3.28. The zero-order chi connectivity index (χ0) is 14.5. The first kappa shape index (κ1) is 13.9. The van der Waals surface area contributed by atoms with Gasteiger partial charge in [-0.25, -0.2) is 14.8 Å². The molecule has 0 aliphatic rings. The number of rotatable bonds is 5. The van der Waals surface area contributed by atoms with Gasteiger partial charge in [0.15, 0.2) is 11.5 Å². The van der Waals surface area contributed by atoms with Crippen LogP contribution in [0.1, 0.15) is 30.8 Å². The summed E-state index contributed by atoms with van der Waals surface area (Å²) in [6.07, 6.45) is 4.16. The van der Waals surface area contributed by atoms with Crippen LogP contribution in [0.4, 0.5) is 5.82 Å². The lowest BCUT2D eigenvalue weighted by Gasteiger charge is -2.13. The number of aromatic nitrogens is 3. The zero-order valence-electron chi connectivity index (χ0n) is 11.4. The first-order valence-electron chi connectivity index (χ1n) is 6.39. The largest absolute Gasteiger partial charge is 0.477 e. The van der Waals surface area contributed by atoms with Gasteiger partial charge in [0.2, 0.25) is 0 Å². The van der Waals surface area contributed by atoms with Gasteiger partial charge in [0, 0.05) is 30.1 Å². The van der Waals surface area contributed by atoms with E-state index in [1.807, 2.05) is 13.8 Å². The van der Waals surface area contributed by atoms with E-state index in [1.165, 1.54) is 6.07 Å². The first-order chi connectivity index (χ1) is 9.60. The molecule has 0 spiro atoms. The van der Waals surface area contributed by atoms with Crippen molar-refractivity contribution in [2.45, 2.75) is 26.3 Å². The lowest BCUT2D eigenvalue weighted by atomic mass is 10.2. The number of hydrogen-bond donors (Lipinski definition) is 2. The minimum Gasteiger partial charge on any atom is -0.477 e. The van der Waals surface area contributed by atoms with Gasteiger partial charge < -0.3 is 10.4 Å². The van der Waals surface area contributed by atoms with E-state index in [2.05, 4.69) is 20.3 Å². The predicted octanol–water partition coefficient (Wildman–Crippen LogP) is 2.45. The second kappa shape index (κ2) is 6.10. The van der Waals surface area contributed by atoms with Crippen LogP contribution in [0.15, 0.2) is 30.6 Å². The Morgan fingerprint density at radius 2 is 2.25 bits per heavy atom. The molecule has 6 nitrogen and oxygen atoms in total. The molecule has 2 aromatic heterocycles. The van der Waals surface area contributed by atoms with E-state index in [4.69, 9.17) is 5.11 Å². The van der Waals surface area contributed by atoms with E-state index in [0.29, 0.717) is 17.2 Å². The number of carboxylic acids is 1. The molecule has 2 rings (SSSR count). The average Bonchev–Trinajstić information content (AvgIpc) is 2.47. The molecule has 0 fully saturated rings. The van der Waals surface area contributed by atoms with Gasteiger partial charge in [-0.1, -0.05) is 6.92 Å². The van der Waals surface area contributed by atoms with Crippen molar-refractivity contribution in [1.82, 2.24) is 15.0 Å². The normalized spacial score (nSPS) is 11.9. The van der Waals surface area contributed by atoms with Crippen LogP contribution in [-0.4, -0.2) is 32.1 Å². The monoisotopic (exact) mass is 272 g/mol. The van der Waals surface area contributed by atoms with Crippen molar-refractivity contribution < 1.29 is 9.90 Å². The highest BCUT2D eigenvalue weighted by Crippen LogP contribution is 2.17. The van der Waals surface area contributed by atoms with Crippen LogP contribution in [0.5, 0.6) is 0 Å². The molecule has 2 aromatic rings. The Balaban J connectivity index is 2.44. The molecule has 2 heterocycles. The van der Waals surface area contributed by atoms with Crippen LogP contribution in [0, 0.1) is 0 Å². The Morgan fingerprint density at radius 1 is 1.45 bits per heavy atom. The number of aromatic carboxylic acids is 1. The van der Waals surface area contributed by atoms with Crippen molar-refractivity contribution in [1.29, 1.82) is 0 Å². The standard InChI is InChI=1S/C14H16N4O2/c1-3-9(2)16-12-7-11(14(19)20)17-13(18-12)10-5-4-6-15-8-10/h4-9H,3H2,1-2H3,(H,19,20)(H,16,17,18). The number of carboxylic acid groups (broad SMARTS) is 1. The number of carbonyl (C=O) groups is 1. The molecule has 0 aliphatic carbocycles. The van der Waals surface area contributed by atoms with Crippen LogP contribution in [0.25, 0.3) is 11.4 Å². The lowest BCUT2D eigenvalue weighted by molar-refractivity contribution is 0.0690. The number of pyridine rings is 1. The maximum Gasteiger partial charge on any atom is 0.354 e. The number of nitrogens with one attached hydrogen (secondary N) is 1. The molecular weight excluding hydrogens is 256 g/mol. The average molecular weight is 272 g/mol. The summed E-state index contributed by atoms with van der Waals surface area (Å²) in [5.41, 5.74) is 0.646. The van der Waals surface area contributed by atoms with Gasteiger partial charge in [0.05, 0.1) is 0 Å². The van der Waals surface area contributed by atoms with Gasteiger partial charge >= 0.3 is 5.97 Å². The minimum absolute atomic E-state index is 0.0374. The highest BCUT2D eigenvalue weighted by molar-refractivity contribution is 5.86. The van der Waals surface area contributed by atoms with Crippen molar-refractivity contribution in [2.75, 3.05) is 5.32 Å². The second-order valence-electron chi connectivity index (χ2n) is 4.46. The van der Waals surface area contributed by atoms with E-state index in [-0.39, 0.29) is 11.7 Å². The summed E-state index contributed by atoms with van der Waals surface area (Å²) < 4.78 is 0. The van der Waals surface area contributed by atoms with Crippen molar-refractivity contribution in [2.24, 2.45) is 0 Å². The molecule has 0 amide bonds. The van der Waals surface area contributed by atoms with Gasteiger partial charge in [-0.15, -0.1) is 0 Å². The van der Waals surface area contributed by atoms with Gasteiger partial charge in [-0.3, -0.25) is 4.98 Å². The molecule has 104 valence electrons. The summed E-state index contributed by atoms with van der Waals surface area (Å²) in [6.45, 7) is 4.05. The van der Waals surface area contributed by atoms with Crippen LogP contribution < -0.4 is 5.32 Å². The Morgan fingerprint density at radius 3 is 2.85 bits per heavy atom. The number of anilines is 1. The maximum atomic E-state index is 11.2. The molecule has 0 saturated carbocycles. The van der Waals surface area contributed by atoms with Crippen molar-refractivity contribution in [3.63, 3.8) is 0 Å². The molecule has 20 heavy (non-hydrogen) atoms. The van der Waals surface area contributed by atoms with Crippen LogP contribution in [-0.2, 0) is 0 Å². The van der Waals surface area contributed by atoms with E-state index >= 15 is 0 Å². The molecule has 2 N–H and O–H groups in total. The molecule has 0 saturated heterocycles. The van der Waals surface area contributed by atoms with Crippen molar-refractivity contribution in [3.05, 3.63) is 36.3 Å². The first-order valence-corrected chi connectivity index (χ1v) is 6.39. The van der Waals surface area contributed by atoms with Gasteiger partial charge in [0.1, 0.15) is 5.82 Å². The number of nitrogens with zero attached hydrogens (tertiary/aromatic N) is 3. The van der Waals surface area contributed by atoms with Gasteiger partial charge in [0.25, 0.3) is 0 Å². The van der Waals surface area contributed by atoms with Crippen LogP contribution in [0.2, 0.25) is 0 Å². The molecule has 0 radical (unpaired) electrons. The zero-order valence-corrected chi connectivity index (χ0v) is 11.4. The highest BCUT2D eigenvalue weighted by atomic mass is 16.4. The Bertz CT molecular complexity index is 601. The fourth-order valence-electron chi connectivity index (χ4n) is 1.61. The second-order valence-corrected chi connectivity index (χ2v) is 4.46. The summed E-state index contributed by atoms with van der Waals surface area (Å²) in [7, 11) is 0. The summed E-state index contributed by atoms with van der Waals surface area (Å²) in [5, 5.41) is 12.3. The summed E-state index contributed by atoms with van der Waals surface area (Å²) in [6, 6.07) is 5.19. The van der Waals surface area contributed by atoms with E-state index in [1.54, 1.807) is 24.5 Å². The molecule has 0 bridgehead atoms. The lowest BCUT2D eigenvalue weighted by Crippen LogP contribution is -2.16. The Hall–Kier alpha value is -2.50. The summed E-state index contributed by atoms with van der Waals surface area (Å²) in [4.78, 5) is 23.5. The topological polar surface area (TPSA) is 88.0 Å². The quantitative estimate of drug-likeness (QED) is 0.869. The fraction of sp³-hybridized carbons (Fsp3) is 0.286. The minimum atomic E-state index is -1.08.